The van der Waals surface area contributed by atoms with E-state index in [1.54, 1.807) is 0 Å². The molecule has 12 heteroatoms. The first kappa shape index (κ1) is 27.5. The van der Waals surface area contributed by atoms with Crippen LogP contribution >= 0.6 is 0 Å². The van der Waals surface area contributed by atoms with Crippen molar-refractivity contribution in [2.45, 2.75) is 39.8 Å². The predicted octanol–water partition coefficient (Wildman–Crippen LogP) is 4.17. The van der Waals surface area contributed by atoms with Crippen LogP contribution in [0.15, 0.2) is 60.7 Å². The van der Waals surface area contributed by atoms with Gasteiger partial charge in [0.1, 0.15) is 5.82 Å². The lowest BCUT2D eigenvalue weighted by molar-refractivity contribution is 0.588. The molecule has 0 bridgehead atoms. The highest BCUT2D eigenvalue weighted by atomic mass is 15.3. The van der Waals surface area contributed by atoms with Crippen molar-refractivity contribution < 1.29 is 0 Å². The monoisotopic (exact) mass is 528 g/mol. The smallest absolute Gasteiger partial charge is 0.233 e. The Morgan fingerprint density at radius 1 is 0.590 bits per heavy atom. The largest absolute Gasteiger partial charge is 0.352 e. The fourth-order valence-electron chi connectivity index (χ4n) is 3.67. The number of likely N-dealkylation sites (N-methyl/N-ethyl adjacent to an activating group) is 1. The number of anilines is 7. The SMILES string of the molecule is CCNC(C)CNc1nc(Nc2ccccc2)nc(NC(C)CNc2nc(C)nc(Nc3ccccc3)n2)n1. The third kappa shape index (κ3) is 9.04. The van der Waals surface area contributed by atoms with Crippen LogP contribution in [0, 0.1) is 6.92 Å². The summed E-state index contributed by atoms with van der Waals surface area (Å²) >= 11 is 0. The van der Waals surface area contributed by atoms with E-state index in [-0.39, 0.29) is 12.1 Å². The van der Waals surface area contributed by atoms with E-state index in [1.165, 1.54) is 0 Å². The van der Waals surface area contributed by atoms with Crippen molar-refractivity contribution >= 4 is 41.1 Å². The first-order chi connectivity index (χ1) is 19.0. The lowest BCUT2D eigenvalue weighted by Gasteiger charge is -2.17. The minimum Gasteiger partial charge on any atom is -0.352 e. The molecule has 2 unspecified atom stereocenters. The maximum Gasteiger partial charge on any atom is 0.233 e. The van der Waals surface area contributed by atoms with Gasteiger partial charge in [0.15, 0.2) is 0 Å². The maximum atomic E-state index is 4.59. The first-order valence-electron chi connectivity index (χ1n) is 13.1. The van der Waals surface area contributed by atoms with Gasteiger partial charge in [-0.15, -0.1) is 0 Å². The molecule has 2 aromatic heterocycles. The topological polar surface area (TPSA) is 150 Å². The predicted molar refractivity (Wildman–Crippen MR) is 157 cm³/mol. The highest BCUT2D eigenvalue weighted by Gasteiger charge is 2.12. The summed E-state index contributed by atoms with van der Waals surface area (Å²) in [7, 11) is 0. The van der Waals surface area contributed by atoms with Crippen LogP contribution < -0.4 is 31.9 Å². The fraction of sp³-hybridized carbons (Fsp3) is 0.333. The molecule has 2 heterocycles. The highest BCUT2D eigenvalue weighted by molar-refractivity contribution is 5.56. The summed E-state index contributed by atoms with van der Waals surface area (Å²) in [6.45, 7) is 10.2. The second kappa shape index (κ2) is 13.8. The summed E-state index contributed by atoms with van der Waals surface area (Å²) in [5, 5.41) is 19.8. The number of aromatic nitrogens is 6. The summed E-state index contributed by atoms with van der Waals surface area (Å²) in [4.78, 5) is 27.0. The van der Waals surface area contributed by atoms with E-state index in [2.05, 4.69) is 75.7 Å². The van der Waals surface area contributed by atoms with E-state index in [0.717, 1.165) is 17.9 Å². The fourth-order valence-corrected chi connectivity index (χ4v) is 3.67. The Hall–Kier alpha value is -4.58. The Labute approximate surface area is 229 Å². The second-order valence-electron chi connectivity index (χ2n) is 9.08. The molecule has 0 spiro atoms. The van der Waals surface area contributed by atoms with Crippen molar-refractivity contribution in [3.05, 3.63) is 66.5 Å². The number of rotatable bonds is 14. The van der Waals surface area contributed by atoms with Crippen molar-refractivity contribution in [2.24, 2.45) is 0 Å². The Balaban J connectivity index is 1.41. The van der Waals surface area contributed by atoms with Crippen LogP contribution in [0.1, 0.15) is 26.6 Å². The molecule has 204 valence electrons. The van der Waals surface area contributed by atoms with Crippen molar-refractivity contribution in [1.29, 1.82) is 0 Å². The molecule has 0 amide bonds. The van der Waals surface area contributed by atoms with Crippen molar-refractivity contribution in [2.75, 3.05) is 46.2 Å². The van der Waals surface area contributed by atoms with Gasteiger partial charge in [-0.2, -0.15) is 29.9 Å². The van der Waals surface area contributed by atoms with E-state index >= 15 is 0 Å². The molecule has 0 aliphatic heterocycles. The second-order valence-corrected chi connectivity index (χ2v) is 9.08. The van der Waals surface area contributed by atoms with Crippen LogP contribution in [-0.2, 0) is 0 Å². The van der Waals surface area contributed by atoms with Gasteiger partial charge < -0.3 is 31.9 Å². The van der Waals surface area contributed by atoms with Crippen LogP contribution in [0.5, 0.6) is 0 Å². The molecule has 4 rings (SSSR count). The van der Waals surface area contributed by atoms with Crippen LogP contribution in [0.2, 0.25) is 0 Å². The van der Waals surface area contributed by atoms with Gasteiger partial charge in [0.25, 0.3) is 0 Å². The molecule has 2 atom stereocenters. The van der Waals surface area contributed by atoms with Gasteiger partial charge in [-0.3, -0.25) is 0 Å². The molecular formula is C27H36N12. The van der Waals surface area contributed by atoms with E-state index in [0.29, 0.717) is 48.7 Å². The summed E-state index contributed by atoms with van der Waals surface area (Å²) in [6, 6.07) is 19.8. The quantitative estimate of drug-likeness (QED) is 0.139. The van der Waals surface area contributed by atoms with Gasteiger partial charge in [-0.25, -0.2) is 0 Å². The van der Waals surface area contributed by atoms with Crippen molar-refractivity contribution in [3.63, 3.8) is 0 Å². The Bertz CT molecular complexity index is 1300. The van der Waals surface area contributed by atoms with Crippen LogP contribution in [0.25, 0.3) is 0 Å². The number of para-hydroxylation sites is 2. The van der Waals surface area contributed by atoms with Gasteiger partial charge in [-0.1, -0.05) is 43.3 Å². The Morgan fingerprint density at radius 2 is 1.05 bits per heavy atom. The molecule has 0 aliphatic carbocycles. The van der Waals surface area contributed by atoms with E-state index in [1.807, 2.05) is 74.5 Å². The molecule has 0 saturated heterocycles. The lowest BCUT2D eigenvalue weighted by atomic mass is 10.3. The van der Waals surface area contributed by atoms with Crippen molar-refractivity contribution in [3.8, 4) is 0 Å². The van der Waals surface area contributed by atoms with Gasteiger partial charge in [-0.05, 0) is 51.6 Å². The number of hydrogen-bond acceptors (Lipinski definition) is 12. The van der Waals surface area contributed by atoms with E-state index in [9.17, 15) is 0 Å². The first-order valence-corrected chi connectivity index (χ1v) is 13.1. The average Bonchev–Trinajstić information content (AvgIpc) is 2.92. The molecule has 0 radical (unpaired) electrons. The summed E-state index contributed by atoms with van der Waals surface area (Å²) < 4.78 is 0. The third-order valence-corrected chi connectivity index (χ3v) is 5.50. The minimum absolute atomic E-state index is 0.0480. The molecule has 0 saturated carbocycles. The van der Waals surface area contributed by atoms with Gasteiger partial charge >= 0.3 is 0 Å². The van der Waals surface area contributed by atoms with Crippen molar-refractivity contribution in [1.82, 2.24) is 35.2 Å². The summed E-state index contributed by atoms with van der Waals surface area (Å²) in [5.74, 6) is 2.96. The molecular weight excluding hydrogens is 492 g/mol. The van der Waals surface area contributed by atoms with Crippen LogP contribution in [0.4, 0.5) is 41.1 Å². The van der Waals surface area contributed by atoms with Gasteiger partial charge in [0.2, 0.25) is 29.7 Å². The summed E-state index contributed by atoms with van der Waals surface area (Å²) in [6.07, 6.45) is 0. The third-order valence-electron chi connectivity index (χ3n) is 5.50. The molecule has 2 aromatic carbocycles. The number of nitrogens with one attached hydrogen (secondary N) is 6. The van der Waals surface area contributed by atoms with Gasteiger partial charge in [0, 0.05) is 36.5 Å². The number of hydrogen-bond donors (Lipinski definition) is 6. The Kier molecular flexibility index (Phi) is 9.73. The summed E-state index contributed by atoms with van der Waals surface area (Å²) in [5.41, 5.74) is 1.80. The molecule has 6 N–H and O–H groups in total. The normalized spacial score (nSPS) is 12.3. The lowest BCUT2D eigenvalue weighted by Crippen LogP contribution is -2.33. The standard InChI is InChI=1S/C27H36N12/c1-5-28-18(2)16-29-24-37-25(39-27(38-24)35-22-14-10-7-11-15-22)31-19(3)17-30-23-32-20(4)33-26(36-23)34-21-12-8-6-9-13-21/h6-15,18-19,28H,5,16-17H2,1-4H3,(H2,30,32,33,34,36)(H3,29,31,35,37,38,39). The molecule has 0 fully saturated rings. The van der Waals surface area contributed by atoms with E-state index in [4.69, 9.17) is 0 Å². The molecule has 39 heavy (non-hydrogen) atoms. The van der Waals surface area contributed by atoms with Crippen LogP contribution in [0.3, 0.4) is 0 Å². The highest BCUT2D eigenvalue weighted by Crippen LogP contribution is 2.17. The minimum atomic E-state index is -0.0480. The number of nitrogens with zero attached hydrogens (tertiary/aromatic N) is 6. The van der Waals surface area contributed by atoms with E-state index < -0.39 is 0 Å². The maximum absolute atomic E-state index is 4.59. The van der Waals surface area contributed by atoms with Crippen LogP contribution in [-0.4, -0.2) is 61.6 Å². The molecule has 12 nitrogen and oxygen atoms in total. The molecule has 4 aromatic rings. The zero-order chi connectivity index (χ0) is 27.5. The zero-order valence-corrected chi connectivity index (χ0v) is 22.7. The number of aryl methyl sites for hydroxylation is 1. The zero-order valence-electron chi connectivity index (χ0n) is 22.7. The number of benzene rings is 2. The van der Waals surface area contributed by atoms with Gasteiger partial charge in [0.05, 0.1) is 0 Å². The average molecular weight is 529 g/mol. The Morgan fingerprint density at radius 3 is 1.64 bits per heavy atom. The molecule has 0 aliphatic rings.